The van der Waals surface area contributed by atoms with Crippen LogP contribution in [0.2, 0.25) is 0 Å². The molecule has 0 radical (unpaired) electrons. The zero-order valence-electron chi connectivity index (χ0n) is 16.1. The Kier molecular flexibility index (Phi) is 6.06. The molecule has 3 aromatic rings. The van der Waals surface area contributed by atoms with E-state index in [0.29, 0.717) is 15.9 Å². The number of anilines is 1. The third-order valence-electron chi connectivity index (χ3n) is 4.16. The average Bonchev–Trinajstić information content (AvgIpc) is 3.20. The van der Waals surface area contributed by atoms with Crippen molar-refractivity contribution in [3.63, 3.8) is 0 Å². The van der Waals surface area contributed by atoms with Gasteiger partial charge < -0.3 is 10.1 Å². The topological polar surface area (TPSA) is 97.0 Å². The minimum atomic E-state index is -4.86. The van der Waals surface area contributed by atoms with E-state index in [1.54, 1.807) is 18.2 Å². The summed E-state index contributed by atoms with van der Waals surface area (Å²) in [6.07, 6.45) is -4.07. The summed E-state index contributed by atoms with van der Waals surface area (Å²) < 4.78 is 46.0. The van der Waals surface area contributed by atoms with Crippen molar-refractivity contribution in [1.82, 2.24) is 9.78 Å². The van der Waals surface area contributed by atoms with Crippen LogP contribution in [0.3, 0.4) is 0 Å². The first-order chi connectivity index (χ1) is 14.7. The molecule has 2 aromatic carbocycles. The Balaban J connectivity index is 1.88. The zero-order chi connectivity index (χ0) is 22.6. The van der Waals surface area contributed by atoms with Gasteiger partial charge in [-0.3, -0.25) is 4.79 Å². The van der Waals surface area contributed by atoms with Gasteiger partial charge in [-0.25, -0.2) is 9.48 Å². The van der Waals surface area contributed by atoms with Crippen LogP contribution in [0.1, 0.15) is 38.9 Å². The molecule has 0 fully saturated rings. The second-order valence-corrected chi connectivity index (χ2v) is 6.23. The first-order valence-electron chi connectivity index (χ1n) is 8.99. The number of carbonyl (C=O) groups is 2. The summed E-state index contributed by atoms with van der Waals surface area (Å²) in [7, 11) is 0. The van der Waals surface area contributed by atoms with Crippen LogP contribution in [0.4, 0.5) is 18.9 Å². The molecule has 1 heterocycles. The number of benzene rings is 2. The van der Waals surface area contributed by atoms with E-state index in [-0.39, 0.29) is 17.9 Å². The van der Waals surface area contributed by atoms with Crippen molar-refractivity contribution in [1.29, 1.82) is 5.26 Å². The smallest absolute Gasteiger partial charge is 0.434 e. The normalized spacial score (nSPS) is 10.9. The van der Waals surface area contributed by atoms with E-state index in [4.69, 9.17) is 5.26 Å². The van der Waals surface area contributed by atoms with Crippen LogP contribution in [0, 0.1) is 11.3 Å². The molecular weight excluding hydrogens is 413 g/mol. The minimum Gasteiger partial charge on any atom is -0.462 e. The van der Waals surface area contributed by atoms with Crippen molar-refractivity contribution >= 4 is 17.6 Å². The lowest BCUT2D eigenvalue weighted by Crippen LogP contribution is -2.18. The highest BCUT2D eigenvalue weighted by Crippen LogP contribution is 2.34. The van der Waals surface area contributed by atoms with Gasteiger partial charge in [-0.15, -0.1) is 0 Å². The standard InChI is InChI=1S/C21H15F3N4O3/c1-2-31-20(30)17-12-26-28(18(17)21(22,23)24)16-8-6-14(7-9-16)19(29)27-15-5-3-4-13(10-15)11-25/h3-10,12H,2H2,1H3,(H,27,29). The van der Waals surface area contributed by atoms with E-state index in [0.717, 1.165) is 6.20 Å². The van der Waals surface area contributed by atoms with Crippen molar-refractivity contribution in [2.75, 3.05) is 11.9 Å². The number of nitrogens with one attached hydrogen (secondary N) is 1. The van der Waals surface area contributed by atoms with Gasteiger partial charge in [0.1, 0.15) is 5.56 Å². The number of hydrogen-bond acceptors (Lipinski definition) is 5. The highest BCUT2D eigenvalue weighted by molar-refractivity contribution is 6.04. The summed E-state index contributed by atoms with van der Waals surface area (Å²) in [4.78, 5) is 24.3. The van der Waals surface area contributed by atoms with E-state index in [1.165, 1.54) is 37.3 Å². The molecule has 0 atom stereocenters. The Morgan fingerprint density at radius 3 is 2.52 bits per heavy atom. The summed E-state index contributed by atoms with van der Waals surface area (Å²) in [5.74, 6) is -1.64. The fraction of sp³-hybridized carbons (Fsp3) is 0.143. The molecule has 0 aliphatic heterocycles. The van der Waals surface area contributed by atoms with Crippen LogP contribution >= 0.6 is 0 Å². The summed E-state index contributed by atoms with van der Waals surface area (Å²) >= 11 is 0. The van der Waals surface area contributed by atoms with Crippen LogP contribution in [-0.4, -0.2) is 28.3 Å². The maximum absolute atomic E-state index is 13.6. The Morgan fingerprint density at radius 2 is 1.90 bits per heavy atom. The highest BCUT2D eigenvalue weighted by Gasteiger charge is 2.41. The Morgan fingerprint density at radius 1 is 1.19 bits per heavy atom. The lowest BCUT2D eigenvalue weighted by Gasteiger charge is -2.13. The highest BCUT2D eigenvalue weighted by atomic mass is 19.4. The number of hydrogen-bond donors (Lipinski definition) is 1. The molecule has 0 aliphatic carbocycles. The Bertz CT molecular complexity index is 1160. The molecule has 0 unspecified atom stereocenters. The molecular formula is C21H15F3N4O3. The zero-order valence-corrected chi connectivity index (χ0v) is 16.1. The van der Waals surface area contributed by atoms with Crippen LogP contribution in [0.5, 0.6) is 0 Å². The SMILES string of the molecule is CCOC(=O)c1cnn(-c2ccc(C(=O)Nc3cccc(C#N)c3)cc2)c1C(F)(F)F. The van der Waals surface area contributed by atoms with Crippen molar-refractivity contribution < 1.29 is 27.5 Å². The van der Waals surface area contributed by atoms with E-state index in [9.17, 15) is 22.8 Å². The number of amides is 1. The van der Waals surface area contributed by atoms with Crippen molar-refractivity contribution in [3.8, 4) is 11.8 Å². The monoisotopic (exact) mass is 428 g/mol. The van der Waals surface area contributed by atoms with E-state index >= 15 is 0 Å². The molecule has 0 saturated carbocycles. The van der Waals surface area contributed by atoms with Gasteiger partial charge in [0, 0.05) is 11.3 Å². The van der Waals surface area contributed by atoms with Crippen LogP contribution in [0.25, 0.3) is 5.69 Å². The van der Waals surface area contributed by atoms with Crippen molar-refractivity contribution in [2.24, 2.45) is 0 Å². The number of alkyl halides is 3. The predicted molar refractivity (Wildman–Crippen MR) is 104 cm³/mol. The molecule has 158 valence electrons. The molecule has 1 amide bonds. The second-order valence-electron chi connectivity index (χ2n) is 6.23. The summed E-state index contributed by atoms with van der Waals surface area (Å²) in [6.45, 7) is 1.40. The molecule has 0 spiro atoms. The van der Waals surface area contributed by atoms with Gasteiger partial charge >= 0.3 is 12.1 Å². The number of halogens is 3. The Hall–Kier alpha value is -4.13. The molecule has 0 aliphatic rings. The lowest BCUT2D eigenvalue weighted by atomic mass is 10.1. The first kappa shape index (κ1) is 21.6. The van der Waals surface area contributed by atoms with Crippen LogP contribution < -0.4 is 5.32 Å². The number of carbonyl (C=O) groups excluding carboxylic acids is 2. The molecule has 0 saturated heterocycles. The van der Waals surface area contributed by atoms with Crippen molar-refractivity contribution in [2.45, 2.75) is 13.1 Å². The van der Waals surface area contributed by atoms with Crippen LogP contribution in [0.15, 0.2) is 54.7 Å². The number of esters is 1. The van der Waals surface area contributed by atoms with Crippen molar-refractivity contribution in [3.05, 3.63) is 77.1 Å². The molecule has 0 bridgehead atoms. The quantitative estimate of drug-likeness (QED) is 0.615. The fourth-order valence-electron chi connectivity index (χ4n) is 2.80. The number of ether oxygens (including phenoxy) is 1. The molecule has 10 heteroatoms. The number of rotatable bonds is 5. The average molecular weight is 428 g/mol. The molecule has 31 heavy (non-hydrogen) atoms. The molecule has 1 N–H and O–H groups in total. The van der Waals surface area contributed by atoms with Gasteiger partial charge in [-0.1, -0.05) is 6.07 Å². The minimum absolute atomic E-state index is 0.00546. The third-order valence-corrected chi connectivity index (χ3v) is 4.16. The fourth-order valence-corrected chi connectivity index (χ4v) is 2.80. The maximum atomic E-state index is 13.6. The van der Waals surface area contributed by atoms with Gasteiger partial charge in [0.05, 0.1) is 30.1 Å². The summed E-state index contributed by atoms with van der Waals surface area (Å²) in [5, 5.41) is 15.2. The first-order valence-corrected chi connectivity index (χ1v) is 8.99. The maximum Gasteiger partial charge on any atom is 0.434 e. The predicted octanol–water partition coefficient (Wildman–Crippen LogP) is 4.19. The lowest BCUT2D eigenvalue weighted by molar-refractivity contribution is -0.143. The largest absolute Gasteiger partial charge is 0.462 e. The van der Waals surface area contributed by atoms with Gasteiger partial charge in [0.25, 0.3) is 5.91 Å². The van der Waals surface area contributed by atoms with Gasteiger partial charge in [0.2, 0.25) is 0 Å². The number of nitriles is 1. The molecule has 7 nitrogen and oxygen atoms in total. The van der Waals surface area contributed by atoms with Gasteiger partial charge in [-0.2, -0.15) is 23.5 Å². The molecule has 1 aromatic heterocycles. The summed E-state index contributed by atoms with van der Waals surface area (Å²) in [5.41, 5.74) is -1.02. The van der Waals surface area contributed by atoms with E-state index < -0.39 is 29.3 Å². The third kappa shape index (κ3) is 4.72. The van der Waals surface area contributed by atoms with Crippen LogP contribution in [-0.2, 0) is 10.9 Å². The van der Waals surface area contributed by atoms with E-state index in [1.807, 2.05) is 6.07 Å². The summed E-state index contributed by atoms with van der Waals surface area (Å²) in [6, 6.07) is 13.4. The van der Waals surface area contributed by atoms with E-state index in [2.05, 4.69) is 15.2 Å². The number of nitrogens with zero attached hydrogens (tertiary/aromatic N) is 3. The van der Waals surface area contributed by atoms with Gasteiger partial charge in [-0.05, 0) is 49.4 Å². The molecule has 3 rings (SSSR count). The number of aromatic nitrogens is 2. The van der Waals surface area contributed by atoms with Gasteiger partial charge in [0.15, 0.2) is 5.69 Å². The Labute approximate surface area is 174 Å². The second kappa shape index (κ2) is 8.71.